The van der Waals surface area contributed by atoms with Crippen LogP contribution in [0.25, 0.3) is 0 Å². The van der Waals surface area contributed by atoms with E-state index in [-0.39, 0.29) is 18.6 Å². The maximum atomic E-state index is 9.14. The summed E-state index contributed by atoms with van der Waals surface area (Å²) in [6.45, 7) is 8.43. The monoisotopic (exact) mass is 233 g/mol. The Morgan fingerprint density at radius 3 is 2.06 bits per heavy atom. The molecule has 0 fully saturated rings. The van der Waals surface area contributed by atoms with E-state index in [1.807, 2.05) is 6.92 Å². The number of nitrogens with one attached hydrogen (secondary N) is 1. The van der Waals surface area contributed by atoms with Crippen molar-refractivity contribution in [3.8, 4) is 0 Å². The van der Waals surface area contributed by atoms with Gasteiger partial charge in [0.05, 0.1) is 13.2 Å². The summed E-state index contributed by atoms with van der Waals surface area (Å²) in [4.78, 5) is 0. The lowest BCUT2D eigenvalue weighted by Gasteiger charge is -2.29. The van der Waals surface area contributed by atoms with E-state index in [4.69, 9.17) is 14.9 Å². The van der Waals surface area contributed by atoms with Gasteiger partial charge in [-0.05, 0) is 11.8 Å². The van der Waals surface area contributed by atoms with E-state index < -0.39 is 5.41 Å². The molecule has 0 aliphatic heterocycles. The summed E-state index contributed by atoms with van der Waals surface area (Å²) >= 11 is 0. The molecule has 0 spiro atoms. The molecule has 0 aliphatic carbocycles. The number of hydrogen-bond acceptors (Lipinski definition) is 4. The maximum absolute atomic E-state index is 9.14. The van der Waals surface area contributed by atoms with Gasteiger partial charge in [0.1, 0.15) is 0 Å². The first-order chi connectivity index (χ1) is 7.39. The predicted molar refractivity (Wildman–Crippen MR) is 65.4 cm³/mol. The molecule has 0 aromatic rings. The minimum Gasteiger partial charge on any atom is -0.396 e. The number of ether oxygens (including phenoxy) is 1. The lowest BCUT2D eigenvalue weighted by molar-refractivity contribution is 0.0661. The fourth-order valence-corrected chi connectivity index (χ4v) is 1.33. The van der Waals surface area contributed by atoms with Crippen molar-refractivity contribution < 1.29 is 14.9 Å². The molecule has 3 N–H and O–H groups in total. The molecule has 0 bridgehead atoms. The highest BCUT2D eigenvalue weighted by molar-refractivity contribution is 4.78. The average molecular weight is 233 g/mol. The smallest absolute Gasteiger partial charge is 0.0518 e. The van der Waals surface area contributed by atoms with E-state index in [2.05, 4.69) is 19.2 Å². The summed E-state index contributed by atoms with van der Waals surface area (Å²) in [5.74, 6) is 0. The second-order valence-electron chi connectivity index (χ2n) is 5.64. The molecule has 4 heteroatoms. The molecule has 0 aromatic heterocycles. The third-order valence-corrected chi connectivity index (χ3v) is 2.90. The first kappa shape index (κ1) is 15.8. The zero-order valence-electron chi connectivity index (χ0n) is 11.0. The molecular weight excluding hydrogens is 206 g/mol. The molecule has 0 radical (unpaired) electrons. The number of aliphatic hydroxyl groups is 2. The van der Waals surface area contributed by atoms with E-state index in [0.717, 1.165) is 19.6 Å². The van der Waals surface area contributed by atoms with Crippen molar-refractivity contribution in [2.45, 2.75) is 27.2 Å². The Bertz CT molecular complexity index is 179. The second-order valence-corrected chi connectivity index (χ2v) is 5.64. The fraction of sp³-hybridized carbons (Fsp3) is 1.00. The summed E-state index contributed by atoms with van der Waals surface area (Å²) in [5.41, 5.74) is -0.265. The average Bonchev–Trinajstić information content (AvgIpc) is 2.26. The molecule has 0 aliphatic rings. The third kappa shape index (κ3) is 6.43. The molecule has 16 heavy (non-hydrogen) atoms. The fourth-order valence-electron chi connectivity index (χ4n) is 1.33. The van der Waals surface area contributed by atoms with Crippen LogP contribution < -0.4 is 5.32 Å². The molecule has 0 rings (SSSR count). The van der Waals surface area contributed by atoms with Crippen molar-refractivity contribution in [3.63, 3.8) is 0 Å². The zero-order chi connectivity index (χ0) is 12.7. The van der Waals surface area contributed by atoms with Crippen LogP contribution in [0.5, 0.6) is 0 Å². The van der Waals surface area contributed by atoms with Gasteiger partial charge in [-0.2, -0.15) is 0 Å². The summed E-state index contributed by atoms with van der Waals surface area (Å²) in [5, 5.41) is 21.6. The van der Waals surface area contributed by atoms with Crippen molar-refractivity contribution in [3.05, 3.63) is 0 Å². The van der Waals surface area contributed by atoms with Gasteiger partial charge in [-0.3, -0.25) is 0 Å². The first-order valence-corrected chi connectivity index (χ1v) is 5.80. The number of hydrogen-bond donors (Lipinski definition) is 3. The summed E-state index contributed by atoms with van der Waals surface area (Å²) in [6, 6.07) is 0. The highest BCUT2D eigenvalue weighted by atomic mass is 16.5. The molecule has 0 saturated carbocycles. The van der Waals surface area contributed by atoms with Gasteiger partial charge in [0.25, 0.3) is 0 Å². The SMILES string of the molecule is COCCC(C)(C)CNCC(C)(CO)CO. The van der Waals surface area contributed by atoms with Gasteiger partial charge in [0.2, 0.25) is 0 Å². The van der Waals surface area contributed by atoms with Gasteiger partial charge < -0.3 is 20.3 Å². The maximum Gasteiger partial charge on any atom is 0.0518 e. The van der Waals surface area contributed by atoms with Crippen LogP contribution in [0.4, 0.5) is 0 Å². The standard InChI is InChI=1S/C12H27NO3/c1-11(2,5-6-16-4)7-13-8-12(3,9-14)10-15/h13-15H,5-10H2,1-4H3. The van der Waals surface area contributed by atoms with Crippen LogP contribution in [-0.2, 0) is 4.74 Å². The largest absolute Gasteiger partial charge is 0.396 e. The summed E-state index contributed by atoms with van der Waals surface area (Å²) in [7, 11) is 1.71. The highest BCUT2D eigenvalue weighted by Gasteiger charge is 2.24. The molecule has 0 amide bonds. The summed E-state index contributed by atoms with van der Waals surface area (Å²) < 4.78 is 5.06. The highest BCUT2D eigenvalue weighted by Crippen LogP contribution is 2.20. The molecule has 0 aromatic carbocycles. The van der Waals surface area contributed by atoms with Crippen LogP contribution in [-0.4, -0.2) is 50.2 Å². The molecule has 4 nitrogen and oxygen atoms in total. The van der Waals surface area contributed by atoms with Gasteiger partial charge in [0.15, 0.2) is 0 Å². The minimum absolute atomic E-state index is 0.00496. The number of methoxy groups -OCH3 is 1. The van der Waals surface area contributed by atoms with Crippen molar-refractivity contribution in [2.75, 3.05) is 40.0 Å². The van der Waals surface area contributed by atoms with Crippen molar-refractivity contribution in [2.24, 2.45) is 10.8 Å². The molecule has 0 unspecified atom stereocenters. The van der Waals surface area contributed by atoms with Crippen LogP contribution in [0.2, 0.25) is 0 Å². The molecular formula is C12H27NO3. The van der Waals surface area contributed by atoms with E-state index >= 15 is 0 Å². The van der Waals surface area contributed by atoms with Gasteiger partial charge in [-0.15, -0.1) is 0 Å². The van der Waals surface area contributed by atoms with Gasteiger partial charge in [0, 0.05) is 32.2 Å². The normalized spacial score (nSPS) is 13.1. The van der Waals surface area contributed by atoms with E-state index in [1.54, 1.807) is 7.11 Å². The number of rotatable bonds is 9. The number of aliphatic hydroxyl groups excluding tert-OH is 2. The quantitative estimate of drug-likeness (QED) is 0.546. The van der Waals surface area contributed by atoms with Gasteiger partial charge in [-0.25, -0.2) is 0 Å². The van der Waals surface area contributed by atoms with E-state index in [0.29, 0.717) is 6.54 Å². The third-order valence-electron chi connectivity index (χ3n) is 2.90. The topological polar surface area (TPSA) is 61.7 Å². The molecule has 0 heterocycles. The summed E-state index contributed by atoms with van der Waals surface area (Å²) in [6.07, 6.45) is 0.992. The van der Waals surface area contributed by atoms with Crippen molar-refractivity contribution in [1.29, 1.82) is 0 Å². The van der Waals surface area contributed by atoms with Gasteiger partial charge >= 0.3 is 0 Å². The van der Waals surface area contributed by atoms with Crippen LogP contribution in [0.1, 0.15) is 27.2 Å². The Hall–Kier alpha value is -0.160. The minimum atomic E-state index is -0.433. The Balaban J connectivity index is 3.87. The zero-order valence-corrected chi connectivity index (χ0v) is 11.0. The molecule has 0 saturated heterocycles. The Labute approximate surface area is 99.0 Å². The van der Waals surface area contributed by atoms with Crippen molar-refractivity contribution in [1.82, 2.24) is 5.32 Å². The lowest BCUT2D eigenvalue weighted by Crippen LogP contribution is -2.41. The van der Waals surface area contributed by atoms with Crippen LogP contribution in [0.3, 0.4) is 0 Å². The molecule has 0 atom stereocenters. The Morgan fingerprint density at radius 1 is 1.06 bits per heavy atom. The first-order valence-electron chi connectivity index (χ1n) is 5.80. The Kier molecular flexibility index (Phi) is 7.15. The van der Waals surface area contributed by atoms with E-state index in [1.165, 1.54) is 0 Å². The van der Waals surface area contributed by atoms with Crippen LogP contribution in [0, 0.1) is 10.8 Å². The van der Waals surface area contributed by atoms with Crippen LogP contribution >= 0.6 is 0 Å². The second kappa shape index (κ2) is 7.22. The molecule has 98 valence electrons. The van der Waals surface area contributed by atoms with Crippen molar-refractivity contribution >= 4 is 0 Å². The van der Waals surface area contributed by atoms with E-state index in [9.17, 15) is 0 Å². The van der Waals surface area contributed by atoms with Crippen LogP contribution in [0.15, 0.2) is 0 Å². The Morgan fingerprint density at radius 2 is 1.62 bits per heavy atom. The van der Waals surface area contributed by atoms with Gasteiger partial charge in [-0.1, -0.05) is 20.8 Å². The predicted octanol–water partition coefficient (Wildman–Crippen LogP) is 0.630. The lowest BCUT2D eigenvalue weighted by atomic mass is 9.88.